The summed E-state index contributed by atoms with van der Waals surface area (Å²) in [4.78, 5) is 31.2. The van der Waals surface area contributed by atoms with Crippen LogP contribution in [-0.4, -0.2) is 23.0 Å². The molecule has 0 aliphatic rings. The third kappa shape index (κ3) is 2.86. The van der Waals surface area contributed by atoms with E-state index in [4.69, 9.17) is 4.74 Å². The van der Waals surface area contributed by atoms with Crippen molar-refractivity contribution in [1.29, 1.82) is 0 Å². The van der Waals surface area contributed by atoms with Crippen molar-refractivity contribution in [3.05, 3.63) is 70.4 Å². The number of nitrogens with zero attached hydrogens (tertiary/aromatic N) is 1. The molecule has 0 fully saturated rings. The Morgan fingerprint density at radius 3 is 2.75 bits per heavy atom. The van der Waals surface area contributed by atoms with E-state index in [1.165, 1.54) is 6.20 Å². The minimum Gasteiger partial charge on any atom is -0.495 e. The quantitative estimate of drug-likeness (QED) is 0.772. The Kier molecular flexibility index (Phi) is 4.29. The highest BCUT2D eigenvalue weighted by Crippen LogP contribution is 2.24. The molecule has 0 unspecified atom stereocenters. The average molecular weight is 323 g/mol. The van der Waals surface area contributed by atoms with Crippen molar-refractivity contribution >= 4 is 16.7 Å². The first-order valence-corrected chi connectivity index (χ1v) is 7.51. The summed E-state index contributed by atoms with van der Waals surface area (Å²) in [6.45, 7) is 1.86. The van der Waals surface area contributed by atoms with Gasteiger partial charge in [0.25, 0.3) is 11.5 Å². The number of hydrogen-bond acceptors (Lipinski definition) is 4. The third-order valence-corrected chi connectivity index (χ3v) is 3.90. The Labute approximate surface area is 138 Å². The number of methoxy groups -OCH3 is 1. The summed E-state index contributed by atoms with van der Waals surface area (Å²) < 4.78 is 5.28. The normalized spacial score (nSPS) is 11.9. The molecule has 6 heteroatoms. The topological polar surface area (TPSA) is 84.1 Å². The van der Waals surface area contributed by atoms with Crippen molar-refractivity contribution in [1.82, 2.24) is 15.3 Å². The smallest absolute Gasteiger partial charge is 0.255 e. The second-order valence-electron chi connectivity index (χ2n) is 5.39. The van der Waals surface area contributed by atoms with Gasteiger partial charge in [0.2, 0.25) is 0 Å². The molecule has 0 spiro atoms. The van der Waals surface area contributed by atoms with Gasteiger partial charge in [-0.2, -0.15) is 0 Å². The van der Waals surface area contributed by atoms with Gasteiger partial charge in [0.1, 0.15) is 5.75 Å². The molecule has 1 atom stereocenters. The Balaban J connectivity index is 1.93. The van der Waals surface area contributed by atoms with E-state index >= 15 is 0 Å². The maximum Gasteiger partial charge on any atom is 0.255 e. The summed E-state index contributed by atoms with van der Waals surface area (Å²) in [5.74, 6) is 0.338. The summed E-state index contributed by atoms with van der Waals surface area (Å²) in [6.07, 6.45) is 4.69. The number of fused-ring (bicyclic) bond motifs is 1. The Hall–Kier alpha value is -3.15. The fraction of sp³-hybridized carbons (Fsp3) is 0.167. The first-order chi connectivity index (χ1) is 11.6. The molecule has 2 heterocycles. The van der Waals surface area contributed by atoms with Crippen LogP contribution in [0.5, 0.6) is 5.75 Å². The third-order valence-electron chi connectivity index (χ3n) is 3.90. The maximum atomic E-state index is 12.7. The van der Waals surface area contributed by atoms with E-state index in [1.54, 1.807) is 49.8 Å². The first-order valence-electron chi connectivity index (χ1n) is 7.51. The number of H-pyrrole nitrogens is 1. The molecule has 122 valence electrons. The van der Waals surface area contributed by atoms with Gasteiger partial charge in [-0.25, -0.2) is 0 Å². The zero-order valence-corrected chi connectivity index (χ0v) is 13.4. The van der Waals surface area contributed by atoms with Crippen LogP contribution in [0.25, 0.3) is 10.8 Å². The SMILES string of the molecule is COc1cnccc1[C@H](C)NC(=O)c1c[nH]c(=O)c2ccccc12. The molecule has 0 bridgehead atoms. The largest absolute Gasteiger partial charge is 0.495 e. The van der Waals surface area contributed by atoms with E-state index in [2.05, 4.69) is 15.3 Å². The number of rotatable bonds is 4. The molecule has 1 amide bonds. The molecule has 0 aliphatic heterocycles. The number of hydrogen-bond donors (Lipinski definition) is 2. The summed E-state index contributed by atoms with van der Waals surface area (Å²) >= 11 is 0. The van der Waals surface area contributed by atoms with E-state index in [9.17, 15) is 9.59 Å². The number of amides is 1. The van der Waals surface area contributed by atoms with Crippen molar-refractivity contribution in [2.24, 2.45) is 0 Å². The fourth-order valence-electron chi connectivity index (χ4n) is 2.67. The number of aromatic nitrogens is 2. The van der Waals surface area contributed by atoms with E-state index in [-0.39, 0.29) is 17.5 Å². The predicted molar refractivity (Wildman–Crippen MR) is 91.2 cm³/mol. The monoisotopic (exact) mass is 323 g/mol. The van der Waals surface area contributed by atoms with Crippen molar-refractivity contribution in [2.45, 2.75) is 13.0 Å². The number of carbonyl (C=O) groups is 1. The standard InChI is InChI=1S/C18H17N3O3/c1-11(12-7-8-19-10-16(12)24-2)21-18(23)15-9-20-17(22)14-6-4-3-5-13(14)15/h3-11H,1-2H3,(H,20,22)(H,21,23)/t11-/m0/s1. The average Bonchev–Trinajstić information content (AvgIpc) is 2.62. The van der Waals surface area contributed by atoms with Gasteiger partial charge in [-0.1, -0.05) is 18.2 Å². The van der Waals surface area contributed by atoms with Gasteiger partial charge < -0.3 is 15.0 Å². The predicted octanol–water partition coefficient (Wildman–Crippen LogP) is 2.42. The lowest BCUT2D eigenvalue weighted by Crippen LogP contribution is -2.28. The molecule has 6 nitrogen and oxygen atoms in total. The summed E-state index contributed by atoms with van der Waals surface area (Å²) in [5, 5.41) is 4.03. The van der Waals surface area contributed by atoms with Crippen LogP contribution in [0.2, 0.25) is 0 Å². The van der Waals surface area contributed by atoms with Crippen LogP contribution >= 0.6 is 0 Å². The van der Waals surface area contributed by atoms with Crippen LogP contribution in [0, 0.1) is 0 Å². The molecular formula is C18H17N3O3. The Bertz CT molecular complexity index is 949. The lowest BCUT2D eigenvalue weighted by atomic mass is 10.1. The van der Waals surface area contributed by atoms with E-state index in [0.29, 0.717) is 22.1 Å². The second kappa shape index (κ2) is 6.54. The molecule has 2 aromatic heterocycles. The zero-order valence-electron chi connectivity index (χ0n) is 13.4. The van der Waals surface area contributed by atoms with Crippen molar-refractivity contribution in [2.75, 3.05) is 7.11 Å². The summed E-state index contributed by atoms with van der Waals surface area (Å²) in [5.41, 5.74) is 1.03. The van der Waals surface area contributed by atoms with Crippen LogP contribution in [-0.2, 0) is 0 Å². The van der Waals surface area contributed by atoms with E-state index in [1.807, 2.05) is 6.92 Å². The summed E-state index contributed by atoms with van der Waals surface area (Å²) in [7, 11) is 1.56. The molecule has 0 aliphatic carbocycles. The second-order valence-corrected chi connectivity index (χ2v) is 5.39. The van der Waals surface area contributed by atoms with Gasteiger partial charge in [-0.15, -0.1) is 0 Å². The highest BCUT2D eigenvalue weighted by atomic mass is 16.5. The number of pyridine rings is 2. The fourth-order valence-corrected chi connectivity index (χ4v) is 2.67. The zero-order chi connectivity index (χ0) is 17.1. The number of ether oxygens (including phenoxy) is 1. The number of aromatic amines is 1. The van der Waals surface area contributed by atoms with Gasteiger partial charge in [0, 0.05) is 28.7 Å². The van der Waals surface area contributed by atoms with Crippen LogP contribution < -0.4 is 15.6 Å². The molecule has 24 heavy (non-hydrogen) atoms. The number of nitrogens with one attached hydrogen (secondary N) is 2. The summed E-state index contributed by atoms with van der Waals surface area (Å²) in [6, 6.07) is 8.55. The number of carbonyl (C=O) groups excluding carboxylic acids is 1. The molecule has 0 radical (unpaired) electrons. The molecule has 0 saturated carbocycles. The maximum absolute atomic E-state index is 12.7. The van der Waals surface area contributed by atoms with Crippen molar-refractivity contribution < 1.29 is 9.53 Å². The van der Waals surface area contributed by atoms with E-state index in [0.717, 1.165) is 5.56 Å². The Morgan fingerprint density at radius 2 is 2.00 bits per heavy atom. The van der Waals surface area contributed by atoms with Gasteiger partial charge in [-0.05, 0) is 19.1 Å². The minimum absolute atomic E-state index is 0.217. The van der Waals surface area contributed by atoms with Crippen LogP contribution in [0.4, 0.5) is 0 Å². The van der Waals surface area contributed by atoms with Crippen molar-refractivity contribution in [3.63, 3.8) is 0 Å². The number of benzene rings is 1. The van der Waals surface area contributed by atoms with Gasteiger partial charge >= 0.3 is 0 Å². The van der Waals surface area contributed by atoms with Crippen molar-refractivity contribution in [3.8, 4) is 5.75 Å². The van der Waals surface area contributed by atoms with Crippen LogP contribution in [0.15, 0.2) is 53.7 Å². The van der Waals surface area contributed by atoms with Gasteiger partial charge in [0.15, 0.2) is 0 Å². The highest BCUT2D eigenvalue weighted by Gasteiger charge is 2.17. The van der Waals surface area contributed by atoms with Gasteiger partial charge in [0.05, 0.1) is 24.9 Å². The van der Waals surface area contributed by atoms with Crippen LogP contribution in [0.1, 0.15) is 28.9 Å². The Morgan fingerprint density at radius 1 is 1.25 bits per heavy atom. The molecule has 2 N–H and O–H groups in total. The molecule has 3 aromatic rings. The van der Waals surface area contributed by atoms with Gasteiger partial charge in [-0.3, -0.25) is 14.6 Å². The first kappa shape index (κ1) is 15.7. The lowest BCUT2D eigenvalue weighted by molar-refractivity contribution is 0.0941. The highest BCUT2D eigenvalue weighted by molar-refractivity contribution is 6.06. The van der Waals surface area contributed by atoms with E-state index < -0.39 is 0 Å². The molecular weight excluding hydrogens is 306 g/mol. The van der Waals surface area contributed by atoms with Crippen LogP contribution in [0.3, 0.4) is 0 Å². The molecule has 1 aromatic carbocycles. The minimum atomic E-state index is -0.277. The molecule has 0 saturated heterocycles. The molecule has 3 rings (SSSR count). The lowest BCUT2D eigenvalue weighted by Gasteiger charge is -2.17.